The summed E-state index contributed by atoms with van der Waals surface area (Å²) in [5.74, 6) is 0.494. The number of rotatable bonds is 8. The second kappa shape index (κ2) is 7.28. The molecule has 0 heterocycles. The fourth-order valence-electron chi connectivity index (χ4n) is 1.43. The average molecular weight is 249 g/mol. The van der Waals surface area contributed by atoms with Crippen LogP contribution in [-0.4, -0.2) is 32.0 Å². The van der Waals surface area contributed by atoms with Crippen molar-refractivity contribution in [3.63, 3.8) is 0 Å². The van der Waals surface area contributed by atoms with Crippen LogP contribution >= 0.6 is 0 Å². The molecule has 0 aliphatic carbocycles. The number of hydrogen-bond donors (Lipinski definition) is 1. The van der Waals surface area contributed by atoms with Gasteiger partial charge in [-0.3, -0.25) is 0 Å². The Bertz CT molecular complexity index is 273. The molecule has 0 spiro atoms. The monoisotopic (exact) mass is 249 g/mol. The van der Waals surface area contributed by atoms with E-state index in [1.54, 1.807) is 0 Å². The zero-order valence-electron chi connectivity index (χ0n) is 11.3. The smallest absolute Gasteiger partial charge is 0.153 e. The summed E-state index contributed by atoms with van der Waals surface area (Å²) in [5.41, 5.74) is 0. The van der Waals surface area contributed by atoms with E-state index < -0.39 is 9.84 Å². The highest BCUT2D eigenvalue weighted by Crippen LogP contribution is 2.13. The van der Waals surface area contributed by atoms with E-state index in [9.17, 15) is 8.42 Å². The minimum Gasteiger partial charge on any atom is -0.314 e. The van der Waals surface area contributed by atoms with Gasteiger partial charge in [-0.2, -0.15) is 0 Å². The lowest BCUT2D eigenvalue weighted by Gasteiger charge is -2.18. The summed E-state index contributed by atoms with van der Waals surface area (Å²) < 4.78 is 23.8. The topological polar surface area (TPSA) is 46.2 Å². The highest BCUT2D eigenvalue weighted by molar-refractivity contribution is 7.92. The molecule has 0 aliphatic rings. The first-order chi connectivity index (χ1) is 7.31. The SMILES string of the molecule is CCCNC(C)CCS(=O)(=O)C(C)C(C)C. The van der Waals surface area contributed by atoms with Crippen molar-refractivity contribution in [3.8, 4) is 0 Å². The molecule has 0 radical (unpaired) electrons. The van der Waals surface area contributed by atoms with Crippen molar-refractivity contribution in [1.29, 1.82) is 0 Å². The fraction of sp³-hybridized carbons (Fsp3) is 1.00. The van der Waals surface area contributed by atoms with Crippen molar-refractivity contribution in [2.45, 2.75) is 58.8 Å². The summed E-state index contributed by atoms with van der Waals surface area (Å²) >= 11 is 0. The normalized spacial score (nSPS) is 16.4. The molecule has 98 valence electrons. The van der Waals surface area contributed by atoms with Gasteiger partial charge in [0.1, 0.15) is 0 Å². The fourth-order valence-corrected chi connectivity index (χ4v) is 3.32. The summed E-state index contributed by atoms with van der Waals surface area (Å²) in [5, 5.41) is 3.08. The zero-order valence-corrected chi connectivity index (χ0v) is 12.1. The van der Waals surface area contributed by atoms with Gasteiger partial charge in [0.15, 0.2) is 9.84 Å². The molecule has 0 aromatic carbocycles. The third-order valence-electron chi connectivity index (χ3n) is 3.08. The lowest BCUT2D eigenvalue weighted by molar-refractivity contribution is 0.513. The van der Waals surface area contributed by atoms with Gasteiger partial charge in [-0.25, -0.2) is 8.42 Å². The minimum atomic E-state index is -2.92. The van der Waals surface area contributed by atoms with Crippen LogP contribution in [0.1, 0.15) is 47.5 Å². The zero-order chi connectivity index (χ0) is 12.8. The summed E-state index contributed by atoms with van der Waals surface area (Å²) in [7, 11) is -2.92. The maximum absolute atomic E-state index is 11.9. The standard InChI is InChI=1S/C12H27NO2S/c1-6-8-13-11(4)7-9-16(14,15)12(5)10(2)3/h10-13H,6-9H2,1-5H3. The van der Waals surface area contributed by atoms with Gasteiger partial charge in [0.2, 0.25) is 0 Å². The molecule has 0 amide bonds. The first-order valence-corrected chi connectivity index (χ1v) is 7.97. The van der Waals surface area contributed by atoms with Crippen LogP contribution in [-0.2, 0) is 9.84 Å². The van der Waals surface area contributed by atoms with E-state index in [1.807, 2.05) is 27.7 Å². The summed E-state index contributed by atoms with van der Waals surface area (Å²) in [6, 6.07) is 0.286. The van der Waals surface area contributed by atoms with Crippen molar-refractivity contribution in [1.82, 2.24) is 5.32 Å². The Kier molecular flexibility index (Phi) is 7.24. The Hall–Kier alpha value is -0.0900. The highest BCUT2D eigenvalue weighted by Gasteiger charge is 2.23. The lowest BCUT2D eigenvalue weighted by Crippen LogP contribution is -2.32. The molecule has 2 unspecified atom stereocenters. The second-order valence-corrected chi connectivity index (χ2v) is 7.44. The first-order valence-electron chi connectivity index (χ1n) is 6.26. The van der Waals surface area contributed by atoms with E-state index in [2.05, 4.69) is 12.2 Å². The van der Waals surface area contributed by atoms with Gasteiger partial charge in [0, 0.05) is 6.04 Å². The molecule has 0 aromatic rings. The third kappa shape index (κ3) is 5.85. The van der Waals surface area contributed by atoms with Gasteiger partial charge in [0.05, 0.1) is 11.0 Å². The van der Waals surface area contributed by atoms with Gasteiger partial charge < -0.3 is 5.32 Å². The summed E-state index contributed by atoms with van der Waals surface area (Å²) in [4.78, 5) is 0. The Balaban J connectivity index is 4.09. The largest absolute Gasteiger partial charge is 0.314 e. The number of sulfone groups is 1. The highest BCUT2D eigenvalue weighted by atomic mass is 32.2. The Morgan fingerprint density at radius 2 is 1.69 bits per heavy atom. The van der Waals surface area contributed by atoms with Gasteiger partial charge >= 0.3 is 0 Å². The van der Waals surface area contributed by atoms with E-state index in [4.69, 9.17) is 0 Å². The van der Waals surface area contributed by atoms with Gasteiger partial charge in [-0.05, 0) is 39.2 Å². The molecular formula is C12H27NO2S. The Labute approximate surface area is 101 Å². The van der Waals surface area contributed by atoms with Crippen LogP contribution in [0.15, 0.2) is 0 Å². The van der Waals surface area contributed by atoms with Crippen molar-refractivity contribution in [2.75, 3.05) is 12.3 Å². The van der Waals surface area contributed by atoms with E-state index in [-0.39, 0.29) is 17.2 Å². The van der Waals surface area contributed by atoms with Gasteiger partial charge in [-0.15, -0.1) is 0 Å². The second-order valence-electron chi connectivity index (χ2n) is 4.96. The minimum absolute atomic E-state index is 0.198. The predicted molar refractivity (Wildman–Crippen MR) is 70.5 cm³/mol. The molecule has 0 aromatic heterocycles. The van der Waals surface area contributed by atoms with Crippen molar-refractivity contribution in [2.24, 2.45) is 5.92 Å². The molecule has 16 heavy (non-hydrogen) atoms. The van der Waals surface area contributed by atoms with Crippen LogP contribution in [0, 0.1) is 5.92 Å². The van der Waals surface area contributed by atoms with Crippen LogP contribution in [0.25, 0.3) is 0 Å². The molecule has 2 atom stereocenters. The van der Waals surface area contributed by atoms with Crippen LogP contribution in [0.3, 0.4) is 0 Å². The first kappa shape index (κ1) is 15.9. The summed E-state index contributed by atoms with van der Waals surface area (Å²) in [6.45, 7) is 10.8. The predicted octanol–water partition coefficient (Wildman–Crippen LogP) is 2.22. The van der Waals surface area contributed by atoms with E-state index in [1.165, 1.54) is 0 Å². The lowest BCUT2D eigenvalue weighted by atomic mass is 10.2. The maximum Gasteiger partial charge on any atom is 0.153 e. The molecular weight excluding hydrogens is 222 g/mol. The molecule has 3 nitrogen and oxygen atoms in total. The third-order valence-corrected chi connectivity index (χ3v) is 5.57. The molecule has 0 saturated heterocycles. The van der Waals surface area contributed by atoms with Crippen LogP contribution < -0.4 is 5.32 Å². The quantitative estimate of drug-likeness (QED) is 0.717. The maximum atomic E-state index is 11.9. The van der Waals surface area contributed by atoms with Crippen molar-refractivity contribution >= 4 is 9.84 Å². The Morgan fingerprint density at radius 1 is 1.12 bits per heavy atom. The van der Waals surface area contributed by atoms with Crippen LogP contribution in [0.2, 0.25) is 0 Å². The number of hydrogen-bond acceptors (Lipinski definition) is 3. The van der Waals surface area contributed by atoms with E-state index in [0.717, 1.165) is 13.0 Å². The molecule has 0 saturated carbocycles. The molecule has 0 bridgehead atoms. The summed E-state index contributed by atoms with van der Waals surface area (Å²) in [6.07, 6.45) is 1.79. The van der Waals surface area contributed by atoms with Crippen LogP contribution in [0.5, 0.6) is 0 Å². The molecule has 0 aliphatic heterocycles. The van der Waals surface area contributed by atoms with Gasteiger partial charge in [-0.1, -0.05) is 20.8 Å². The van der Waals surface area contributed by atoms with Crippen molar-refractivity contribution in [3.05, 3.63) is 0 Å². The van der Waals surface area contributed by atoms with E-state index in [0.29, 0.717) is 12.2 Å². The van der Waals surface area contributed by atoms with E-state index >= 15 is 0 Å². The Morgan fingerprint density at radius 3 is 2.12 bits per heavy atom. The molecule has 4 heteroatoms. The van der Waals surface area contributed by atoms with Gasteiger partial charge in [0.25, 0.3) is 0 Å². The van der Waals surface area contributed by atoms with Crippen molar-refractivity contribution < 1.29 is 8.42 Å². The number of nitrogens with one attached hydrogen (secondary N) is 1. The average Bonchev–Trinajstić information content (AvgIpc) is 2.22. The molecule has 0 rings (SSSR count). The molecule has 1 N–H and O–H groups in total. The van der Waals surface area contributed by atoms with Crippen LogP contribution in [0.4, 0.5) is 0 Å². The molecule has 0 fully saturated rings.